The van der Waals surface area contributed by atoms with Gasteiger partial charge in [0.05, 0.1) is 6.61 Å². The minimum absolute atomic E-state index is 0.152. The average Bonchev–Trinajstić information content (AvgIpc) is 2.99. The van der Waals surface area contributed by atoms with Gasteiger partial charge >= 0.3 is 18.3 Å². The second kappa shape index (κ2) is 14.3. The summed E-state index contributed by atoms with van der Waals surface area (Å²) in [5.74, 6) is -0.341. The highest BCUT2D eigenvalue weighted by molar-refractivity contribution is 5.76. The molecule has 1 atom stereocenters. The third-order valence-electron chi connectivity index (χ3n) is 7.79. The van der Waals surface area contributed by atoms with Crippen LogP contribution < -0.4 is 0 Å². The van der Waals surface area contributed by atoms with Crippen molar-refractivity contribution in [3.05, 3.63) is 89.2 Å². The second-order valence-electron chi connectivity index (χ2n) is 10.9. The van der Waals surface area contributed by atoms with Crippen LogP contribution in [0.3, 0.4) is 0 Å². The molecule has 1 aromatic heterocycles. The van der Waals surface area contributed by atoms with Crippen molar-refractivity contribution in [1.29, 1.82) is 0 Å². The van der Waals surface area contributed by atoms with Crippen LogP contribution in [0.15, 0.2) is 67.0 Å². The zero-order valence-corrected chi connectivity index (χ0v) is 24.9. The van der Waals surface area contributed by atoms with Gasteiger partial charge in [-0.05, 0) is 53.8 Å². The number of aliphatic hydroxyl groups is 1. The van der Waals surface area contributed by atoms with Crippen LogP contribution in [0.1, 0.15) is 29.2 Å². The number of ether oxygens (including phenoxy) is 2. The summed E-state index contributed by atoms with van der Waals surface area (Å²) in [5.41, 5.74) is -2.58. The highest BCUT2D eigenvalue weighted by atomic mass is 19.4. The first-order chi connectivity index (χ1) is 21.2. The van der Waals surface area contributed by atoms with Gasteiger partial charge in [0, 0.05) is 57.3 Å². The Morgan fingerprint density at radius 3 is 2.18 bits per heavy atom. The van der Waals surface area contributed by atoms with Gasteiger partial charge in [0.1, 0.15) is 12.6 Å². The smallest absolute Gasteiger partial charge is 0.430 e. The van der Waals surface area contributed by atoms with Gasteiger partial charge in [-0.2, -0.15) is 26.3 Å². The number of pyridine rings is 1. The average molecular weight is 640 g/mol. The summed E-state index contributed by atoms with van der Waals surface area (Å²) < 4.78 is 90.4. The summed E-state index contributed by atoms with van der Waals surface area (Å²) in [6.45, 7) is 7.40. The Kier molecular flexibility index (Phi) is 10.9. The molecule has 4 rings (SSSR count). The quantitative estimate of drug-likeness (QED) is 0.166. The number of nitrogens with zero attached hydrogens (tertiary/aromatic N) is 3. The van der Waals surface area contributed by atoms with E-state index in [1.54, 1.807) is 25.4 Å². The number of alkyl halides is 6. The van der Waals surface area contributed by atoms with E-state index in [9.17, 15) is 36.2 Å². The van der Waals surface area contributed by atoms with Crippen LogP contribution in [0, 0.1) is 6.92 Å². The lowest BCUT2D eigenvalue weighted by Gasteiger charge is -2.40. The zero-order valence-electron chi connectivity index (χ0n) is 24.9. The molecule has 1 N–H and O–H groups in total. The Hall–Kier alpha value is -3.52. The number of hydrogen-bond acceptors (Lipinski definition) is 7. The maximum Gasteiger partial charge on any atom is 0.430 e. The Balaban J connectivity index is 1.47. The lowest BCUT2D eigenvalue weighted by Crippen LogP contribution is -2.56. The molecule has 13 heteroatoms. The van der Waals surface area contributed by atoms with Crippen LogP contribution in [0.25, 0.3) is 11.1 Å². The van der Waals surface area contributed by atoms with Gasteiger partial charge in [0.25, 0.3) is 5.60 Å². The van der Waals surface area contributed by atoms with Crippen LogP contribution in [0.5, 0.6) is 0 Å². The molecule has 3 aromatic rings. The van der Waals surface area contributed by atoms with Crippen LogP contribution in [-0.4, -0.2) is 83.7 Å². The fourth-order valence-electron chi connectivity index (χ4n) is 5.38. The molecule has 1 fully saturated rings. The predicted molar refractivity (Wildman–Crippen MR) is 154 cm³/mol. The number of esters is 1. The summed E-state index contributed by atoms with van der Waals surface area (Å²) in [5, 5.41) is 9.68. The van der Waals surface area contributed by atoms with E-state index in [-0.39, 0.29) is 12.6 Å². The first kappa shape index (κ1) is 34.4. The highest BCUT2D eigenvalue weighted by Gasteiger charge is 2.71. The molecule has 0 amide bonds. The van der Waals surface area contributed by atoms with Crippen molar-refractivity contribution in [2.75, 3.05) is 39.5 Å². The van der Waals surface area contributed by atoms with Gasteiger partial charge in [-0.3, -0.25) is 19.6 Å². The van der Waals surface area contributed by atoms with Crippen LogP contribution >= 0.6 is 0 Å². The van der Waals surface area contributed by atoms with Gasteiger partial charge in [-0.25, -0.2) is 0 Å². The fraction of sp³-hybridized carbons (Fsp3) is 0.438. The molecule has 0 aliphatic carbocycles. The summed E-state index contributed by atoms with van der Waals surface area (Å²) in [4.78, 5) is 21.4. The standard InChI is InChI=1S/C32H35F6N3O4/c1-3-44-16-17-45-29(42)28-21-40(14-15-41(28)20-23-10-12-39-13-11-23)19-24-4-9-27(22(2)18-24)25-5-7-26(8-6-25)30(43,31(33,34)35)32(36,37)38/h4-13,18,28,43H,3,14-17,19-21H2,1-2H3/t28-/m0/s1. The molecule has 45 heavy (non-hydrogen) atoms. The number of hydrogen-bond donors (Lipinski definition) is 1. The number of carbonyl (C=O) groups is 1. The Bertz CT molecular complexity index is 1400. The van der Waals surface area contributed by atoms with Crippen molar-refractivity contribution in [3.63, 3.8) is 0 Å². The minimum Gasteiger partial charge on any atom is -0.462 e. The normalized spacial score (nSPS) is 17.0. The molecule has 1 aliphatic rings. The van der Waals surface area contributed by atoms with E-state index in [1.165, 1.54) is 0 Å². The first-order valence-corrected chi connectivity index (χ1v) is 14.4. The second-order valence-corrected chi connectivity index (χ2v) is 10.9. The number of aromatic nitrogens is 1. The number of benzene rings is 2. The molecule has 1 saturated heterocycles. The lowest BCUT2D eigenvalue weighted by molar-refractivity contribution is -0.376. The molecule has 2 heterocycles. The van der Waals surface area contributed by atoms with Crippen LogP contribution in [-0.2, 0) is 33.0 Å². The van der Waals surface area contributed by atoms with E-state index in [0.29, 0.717) is 69.2 Å². The van der Waals surface area contributed by atoms with E-state index in [4.69, 9.17) is 9.47 Å². The molecule has 2 aromatic carbocycles. The zero-order chi connectivity index (χ0) is 32.8. The fourth-order valence-corrected chi connectivity index (χ4v) is 5.38. The number of halogens is 6. The van der Waals surface area contributed by atoms with Gasteiger partial charge in [0.15, 0.2) is 0 Å². The van der Waals surface area contributed by atoms with Gasteiger partial charge in [0.2, 0.25) is 0 Å². The molecule has 0 spiro atoms. The lowest BCUT2D eigenvalue weighted by atomic mass is 9.90. The molecule has 0 radical (unpaired) electrons. The van der Waals surface area contributed by atoms with Crippen LogP contribution in [0.4, 0.5) is 26.3 Å². The number of aryl methyl sites for hydroxylation is 1. The maximum atomic E-state index is 13.3. The highest BCUT2D eigenvalue weighted by Crippen LogP contribution is 2.50. The third-order valence-corrected chi connectivity index (χ3v) is 7.79. The topological polar surface area (TPSA) is 75.1 Å². The van der Waals surface area contributed by atoms with Crippen molar-refractivity contribution in [1.82, 2.24) is 14.8 Å². The Morgan fingerprint density at radius 1 is 0.911 bits per heavy atom. The van der Waals surface area contributed by atoms with Crippen molar-refractivity contribution in [3.8, 4) is 11.1 Å². The maximum absolute atomic E-state index is 13.3. The van der Waals surface area contributed by atoms with Crippen molar-refractivity contribution >= 4 is 5.97 Å². The molecule has 0 unspecified atom stereocenters. The van der Waals surface area contributed by atoms with Gasteiger partial charge in [-0.1, -0.05) is 42.5 Å². The van der Waals surface area contributed by atoms with Gasteiger partial charge in [-0.15, -0.1) is 0 Å². The van der Waals surface area contributed by atoms with E-state index >= 15 is 0 Å². The molecule has 1 aliphatic heterocycles. The monoisotopic (exact) mass is 639 g/mol. The minimum atomic E-state index is -5.95. The summed E-state index contributed by atoms with van der Waals surface area (Å²) >= 11 is 0. The largest absolute Gasteiger partial charge is 0.462 e. The first-order valence-electron chi connectivity index (χ1n) is 14.4. The summed E-state index contributed by atoms with van der Waals surface area (Å²) in [6, 6.07) is 12.3. The number of piperazine rings is 1. The molecular formula is C32H35F6N3O4. The van der Waals surface area contributed by atoms with E-state index in [0.717, 1.165) is 28.8 Å². The SMILES string of the molecule is CCOCCOC(=O)[C@@H]1CN(Cc2ccc(-c3ccc(C(O)(C(F)(F)F)C(F)(F)F)cc3)c(C)c2)CCN1Cc1ccncc1. The van der Waals surface area contributed by atoms with Crippen molar-refractivity contribution < 1.29 is 45.7 Å². The molecule has 7 nitrogen and oxygen atoms in total. The molecule has 0 saturated carbocycles. The Morgan fingerprint density at radius 2 is 1.58 bits per heavy atom. The number of carbonyl (C=O) groups excluding carboxylic acids is 1. The molecular weight excluding hydrogens is 604 g/mol. The predicted octanol–water partition coefficient (Wildman–Crippen LogP) is 5.64. The van der Waals surface area contributed by atoms with Crippen LogP contribution in [0.2, 0.25) is 0 Å². The molecule has 0 bridgehead atoms. The summed E-state index contributed by atoms with van der Waals surface area (Å²) in [7, 11) is 0. The third kappa shape index (κ3) is 8.01. The van der Waals surface area contributed by atoms with E-state index in [2.05, 4.69) is 14.8 Å². The van der Waals surface area contributed by atoms with E-state index < -0.39 is 29.6 Å². The van der Waals surface area contributed by atoms with Crippen molar-refractivity contribution in [2.45, 2.75) is 50.9 Å². The van der Waals surface area contributed by atoms with E-state index in [1.807, 2.05) is 31.2 Å². The van der Waals surface area contributed by atoms with Gasteiger partial charge < -0.3 is 14.6 Å². The van der Waals surface area contributed by atoms with Crippen molar-refractivity contribution in [2.24, 2.45) is 0 Å². The number of rotatable bonds is 11. The summed E-state index contributed by atoms with van der Waals surface area (Å²) in [6.07, 6.45) is -8.50. The Labute approximate surface area is 257 Å². The molecule has 244 valence electrons.